The summed E-state index contributed by atoms with van der Waals surface area (Å²) >= 11 is 4.92. The summed E-state index contributed by atoms with van der Waals surface area (Å²) in [7, 11) is -0.836. The molecule has 2 amide bonds. The van der Waals surface area contributed by atoms with Gasteiger partial charge in [0.05, 0.1) is 28.1 Å². The van der Waals surface area contributed by atoms with E-state index in [1.165, 1.54) is 11.8 Å². The number of hydrogen-bond donors (Lipinski definition) is 0. The van der Waals surface area contributed by atoms with Gasteiger partial charge in [-0.05, 0) is 110 Å². The number of piperidine rings is 1. The third-order valence-corrected chi connectivity index (χ3v) is 13.4. The molecule has 0 spiro atoms. The Balaban J connectivity index is 1.55. The molecule has 1 saturated carbocycles. The van der Waals surface area contributed by atoms with Crippen LogP contribution in [0.1, 0.15) is 70.8 Å². The number of benzene rings is 1. The van der Waals surface area contributed by atoms with Crippen molar-refractivity contribution in [3.05, 3.63) is 33.7 Å². The van der Waals surface area contributed by atoms with Gasteiger partial charge in [0.2, 0.25) is 0 Å². The number of pyridine rings is 1. The molecule has 2 saturated heterocycles. The van der Waals surface area contributed by atoms with Crippen LogP contribution in [0, 0.1) is 34.9 Å². The van der Waals surface area contributed by atoms with E-state index in [4.69, 9.17) is 14.5 Å². The van der Waals surface area contributed by atoms with Crippen molar-refractivity contribution in [2.24, 2.45) is 17.8 Å². The average molecular weight is 791 g/mol. The Labute approximate surface area is 309 Å². The number of carbonyl (C=O) groups excluding carboxylic acids is 2. The number of hydrogen-bond acceptors (Lipinski definition) is 7. The number of aromatic nitrogens is 2. The SMILES string of the molecule is CSc1nc2c(F)c(Br)c(CCC#N)cc2c2c1cc([C@H]1CC3C(C)C3N1C(=O)OCCS(C)(C)C)n2[C@@H]1CN(C(=O)OC(C)(C)C)C[C@H]1C. The van der Waals surface area contributed by atoms with Crippen LogP contribution >= 0.6 is 37.7 Å². The second kappa shape index (κ2) is 13.7. The van der Waals surface area contributed by atoms with Crippen LogP contribution < -0.4 is 0 Å². The van der Waals surface area contributed by atoms with Crippen LogP contribution in [0.15, 0.2) is 21.6 Å². The van der Waals surface area contributed by atoms with Crippen LogP contribution in [0.4, 0.5) is 14.0 Å². The number of fused-ring (bicyclic) bond motifs is 4. The highest BCUT2D eigenvalue weighted by molar-refractivity contribution is 9.10. The van der Waals surface area contributed by atoms with Crippen molar-refractivity contribution in [1.29, 1.82) is 5.26 Å². The van der Waals surface area contributed by atoms with Crippen LogP contribution in [-0.2, 0) is 15.9 Å². The Morgan fingerprint density at radius 2 is 1.88 bits per heavy atom. The lowest BCUT2D eigenvalue weighted by atomic mass is 10.0. The lowest BCUT2D eigenvalue weighted by molar-refractivity contribution is 0.0285. The summed E-state index contributed by atoms with van der Waals surface area (Å²) in [6.07, 6.45) is 9.37. The molecule has 4 heterocycles. The lowest BCUT2D eigenvalue weighted by Gasteiger charge is -2.32. The van der Waals surface area contributed by atoms with Gasteiger partial charge in [0.1, 0.15) is 22.8 Å². The van der Waals surface area contributed by atoms with Gasteiger partial charge in [-0.15, -0.1) is 11.8 Å². The van der Waals surface area contributed by atoms with E-state index in [1.807, 2.05) is 38.0 Å². The number of thioether (sulfide) groups is 1. The van der Waals surface area contributed by atoms with E-state index in [-0.39, 0.29) is 48.2 Å². The molecule has 3 aliphatic rings. The van der Waals surface area contributed by atoms with E-state index in [1.54, 1.807) is 4.90 Å². The summed E-state index contributed by atoms with van der Waals surface area (Å²) in [5.74, 6) is 1.16. The first-order valence-corrected chi connectivity index (χ1v) is 22.4. The molecule has 3 aromatic rings. The van der Waals surface area contributed by atoms with E-state index < -0.39 is 21.4 Å². The van der Waals surface area contributed by atoms with Gasteiger partial charge in [-0.1, -0.05) is 13.8 Å². The minimum Gasteiger partial charge on any atom is -0.449 e. The first-order valence-electron chi connectivity index (χ1n) is 17.3. The maximum Gasteiger partial charge on any atom is 0.410 e. The van der Waals surface area contributed by atoms with Crippen molar-refractivity contribution in [1.82, 2.24) is 19.4 Å². The van der Waals surface area contributed by atoms with Gasteiger partial charge in [-0.3, -0.25) is 4.90 Å². The summed E-state index contributed by atoms with van der Waals surface area (Å²) in [5, 5.41) is 11.6. The third-order valence-electron chi connectivity index (χ3n) is 10.4. The first kappa shape index (κ1) is 37.1. The zero-order valence-electron chi connectivity index (χ0n) is 30.5. The van der Waals surface area contributed by atoms with Gasteiger partial charge >= 0.3 is 12.2 Å². The van der Waals surface area contributed by atoms with Crippen molar-refractivity contribution in [2.45, 2.75) is 82.6 Å². The maximum absolute atomic E-state index is 16.3. The number of aryl methyl sites for hydroxylation is 1. The molecule has 2 aliphatic heterocycles. The average Bonchev–Trinajstić information content (AvgIpc) is 3.41. The highest BCUT2D eigenvalue weighted by Crippen LogP contribution is 2.59. The Morgan fingerprint density at radius 3 is 2.52 bits per heavy atom. The molecule has 3 fully saturated rings. The fourth-order valence-electron chi connectivity index (χ4n) is 7.89. The predicted octanol–water partition coefficient (Wildman–Crippen LogP) is 8.91. The normalized spacial score (nSPS) is 25.2. The summed E-state index contributed by atoms with van der Waals surface area (Å²) in [6, 6.07) is 5.95. The molecule has 0 radical (unpaired) electrons. The Hall–Kier alpha value is -2.69. The smallest absolute Gasteiger partial charge is 0.410 e. The molecule has 6 atom stereocenters. The highest BCUT2D eigenvalue weighted by atomic mass is 79.9. The molecule has 6 rings (SSSR count). The first-order chi connectivity index (χ1) is 23.5. The molecule has 0 N–H and O–H groups in total. The van der Waals surface area contributed by atoms with Crippen LogP contribution in [0.5, 0.6) is 0 Å². The number of ether oxygens (including phenoxy) is 2. The number of halogens is 2. The van der Waals surface area contributed by atoms with E-state index in [2.05, 4.69) is 65.2 Å². The standard InChI is InChI=1S/C37H49BrFN5O4S2/c1-20-18-42(35(45)48-37(3,4)5)19-28(20)43-26(27-16-23-21(2)32(23)44(27)36(46)47-13-14-50(7,8)9)17-25-33(43)24-15-22(11-10-12-40)29(38)30(39)31(24)41-34(25)49-6/h15,17,20-21,23,27-28,32H,10-11,13-14,16,18-19H2,1-9H3/t20-,21?,23?,27-,28-,32?/m1/s1. The van der Waals surface area contributed by atoms with Gasteiger partial charge in [-0.2, -0.15) is 5.26 Å². The fourth-order valence-corrected chi connectivity index (χ4v) is 9.53. The quantitative estimate of drug-likeness (QED) is 0.210. The van der Waals surface area contributed by atoms with Gasteiger partial charge in [0, 0.05) is 47.8 Å². The van der Waals surface area contributed by atoms with Crippen LogP contribution in [0.25, 0.3) is 21.8 Å². The topological polar surface area (TPSA) is 101 Å². The molecule has 13 heteroatoms. The highest BCUT2D eigenvalue weighted by Gasteiger charge is 2.61. The Bertz CT molecular complexity index is 1880. The van der Waals surface area contributed by atoms with Gasteiger partial charge in [0.15, 0.2) is 5.82 Å². The Morgan fingerprint density at radius 1 is 1.16 bits per heavy atom. The third kappa shape index (κ3) is 6.93. The molecule has 3 unspecified atom stereocenters. The summed E-state index contributed by atoms with van der Waals surface area (Å²) < 4.78 is 30.7. The summed E-state index contributed by atoms with van der Waals surface area (Å²) in [4.78, 5) is 36.0. The number of carbonyl (C=O) groups is 2. The number of nitrogens with zero attached hydrogens (tertiary/aromatic N) is 5. The molecule has 50 heavy (non-hydrogen) atoms. The van der Waals surface area contributed by atoms with Crippen LogP contribution in [0.2, 0.25) is 0 Å². The van der Waals surface area contributed by atoms with Crippen LogP contribution in [0.3, 0.4) is 0 Å². The molecule has 0 bridgehead atoms. The summed E-state index contributed by atoms with van der Waals surface area (Å²) in [6.45, 7) is 11.2. The largest absolute Gasteiger partial charge is 0.449 e. The van der Waals surface area contributed by atoms with E-state index in [9.17, 15) is 14.9 Å². The van der Waals surface area contributed by atoms with E-state index in [0.717, 1.165) is 28.8 Å². The number of rotatable bonds is 8. The zero-order chi connectivity index (χ0) is 36.4. The molecule has 2 aromatic heterocycles. The van der Waals surface area contributed by atoms with Gasteiger partial charge in [0.25, 0.3) is 0 Å². The molecular weight excluding hydrogens is 741 g/mol. The zero-order valence-corrected chi connectivity index (χ0v) is 33.7. The van der Waals surface area contributed by atoms with Crippen molar-refractivity contribution >= 4 is 71.7 Å². The number of nitriles is 1. The minimum atomic E-state index is -0.836. The van der Waals surface area contributed by atoms with Crippen LogP contribution in [-0.4, -0.2) is 93.7 Å². The van der Waals surface area contributed by atoms with Crippen molar-refractivity contribution in [3.63, 3.8) is 0 Å². The number of likely N-dealkylation sites (tertiary alicyclic amines) is 2. The minimum absolute atomic E-state index is 0.0289. The molecule has 1 aliphatic carbocycles. The van der Waals surface area contributed by atoms with Crippen molar-refractivity contribution in [3.8, 4) is 6.07 Å². The van der Waals surface area contributed by atoms with Gasteiger partial charge in [-0.25, -0.2) is 29.0 Å². The monoisotopic (exact) mass is 789 g/mol. The molecule has 9 nitrogen and oxygen atoms in total. The lowest BCUT2D eigenvalue weighted by Crippen LogP contribution is -2.37. The second-order valence-electron chi connectivity index (χ2n) is 16.1. The van der Waals surface area contributed by atoms with E-state index in [0.29, 0.717) is 58.4 Å². The van der Waals surface area contributed by atoms with Crippen molar-refractivity contribution < 1.29 is 23.5 Å². The number of amides is 2. The fraction of sp³-hybridized carbons (Fsp3) is 0.622. The predicted molar refractivity (Wildman–Crippen MR) is 204 cm³/mol. The van der Waals surface area contributed by atoms with Crippen molar-refractivity contribution in [2.75, 3.05) is 50.5 Å². The maximum atomic E-state index is 16.3. The Kier molecular flexibility index (Phi) is 10.2. The second-order valence-corrected chi connectivity index (χ2v) is 22.2. The van der Waals surface area contributed by atoms with Gasteiger partial charge < -0.3 is 18.9 Å². The molecular formula is C37H49BrFN5O4S2. The van der Waals surface area contributed by atoms with E-state index >= 15 is 4.39 Å². The molecule has 1 aromatic carbocycles. The summed E-state index contributed by atoms with van der Waals surface area (Å²) in [5.41, 5.74) is 2.09. The molecule has 272 valence electrons.